The van der Waals surface area contributed by atoms with E-state index in [1.54, 1.807) is 41.9 Å². The molecule has 0 spiro atoms. The number of carbonyl (C=O) groups excluding carboxylic acids is 2. The van der Waals surface area contributed by atoms with Gasteiger partial charge in [-0.15, -0.1) is 11.8 Å². The molecule has 0 aromatic heterocycles. The van der Waals surface area contributed by atoms with E-state index in [0.717, 1.165) is 11.3 Å². The average Bonchev–Trinajstić information content (AvgIpc) is 3.18. The predicted molar refractivity (Wildman–Crippen MR) is 114 cm³/mol. The van der Waals surface area contributed by atoms with Crippen molar-refractivity contribution in [3.05, 3.63) is 47.5 Å². The van der Waals surface area contributed by atoms with Crippen molar-refractivity contribution in [2.24, 2.45) is 0 Å². The van der Waals surface area contributed by atoms with Crippen LogP contribution < -0.4 is 15.0 Å². The Morgan fingerprint density at radius 3 is 2.71 bits per heavy atom. The summed E-state index contributed by atoms with van der Waals surface area (Å²) in [5, 5.41) is 3.52. The summed E-state index contributed by atoms with van der Waals surface area (Å²) in [5.74, 6) is 1.39. The summed E-state index contributed by atoms with van der Waals surface area (Å²) in [7, 11) is 1.74. The summed E-state index contributed by atoms with van der Waals surface area (Å²) in [6, 6.07) is 11.0. The van der Waals surface area contributed by atoms with Crippen LogP contribution in [0.4, 0.5) is 11.4 Å². The monoisotopic (exact) mass is 396 g/mol. The van der Waals surface area contributed by atoms with E-state index in [2.05, 4.69) is 5.32 Å². The SMILES string of the molecule is Cc1ccc2c(c1)N(C)C(=O)c1cc(NC(=O)CSC3CCCC3)ccc1O2. The summed E-state index contributed by atoms with van der Waals surface area (Å²) in [6.07, 6.45) is 4.94. The maximum Gasteiger partial charge on any atom is 0.261 e. The highest BCUT2D eigenvalue weighted by Crippen LogP contribution is 2.39. The van der Waals surface area contributed by atoms with E-state index >= 15 is 0 Å². The molecule has 0 bridgehead atoms. The number of benzene rings is 2. The molecule has 0 saturated heterocycles. The van der Waals surface area contributed by atoms with Gasteiger partial charge in [0.15, 0.2) is 5.75 Å². The zero-order chi connectivity index (χ0) is 19.7. The van der Waals surface area contributed by atoms with Crippen molar-refractivity contribution in [1.29, 1.82) is 0 Å². The van der Waals surface area contributed by atoms with Crippen molar-refractivity contribution in [3.63, 3.8) is 0 Å². The summed E-state index contributed by atoms with van der Waals surface area (Å²) in [5.41, 5.74) is 2.85. The lowest BCUT2D eigenvalue weighted by Gasteiger charge is -2.17. The molecule has 0 radical (unpaired) electrons. The van der Waals surface area contributed by atoms with E-state index < -0.39 is 0 Å². The molecule has 28 heavy (non-hydrogen) atoms. The molecule has 6 heteroatoms. The van der Waals surface area contributed by atoms with E-state index in [9.17, 15) is 9.59 Å². The van der Waals surface area contributed by atoms with E-state index in [1.165, 1.54) is 25.7 Å². The Balaban J connectivity index is 1.51. The fraction of sp³-hybridized carbons (Fsp3) is 0.364. The molecule has 146 valence electrons. The molecule has 1 heterocycles. The van der Waals surface area contributed by atoms with Gasteiger partial charge in [-0.2, -0.15) is 0 Å². The van der Waals surface area contributed by atoms with Gasteiger partial charge in [-0.1, -0.05) is 18.9 Å². The molecular weight excluding hydrogens is 372 g/mol. The first-order chi connectivity index (χ1) is 13.5. The number of hydrogen-bond donors (Lipinski definition) is 1. The largest absolute Gasteiger partial charge is 0.454 e. The van der Waals surface area contributed by atoms with Gasteiger partial charge in [-0.3, -0.25) is 9.59 Å². The molecule has 1 aliphatic heterocycles. The Hall–Kier alpha value is -2.47. The van der Waals surface area contributed by atoms with Gasteiger partial charge in [-0.25, -0.2) is 0 Å². The van der Waals surface area contributed by atoms with Crippen LogP contribution in [0, 0.1) is 6.92 Å². The van der Waals surface area contributed by atoms with Crippen LogP contribution in [0.1, 0.15) is 41.6 Å². The molecule has 0 atom stereocenters. The Morgan fingerprint density at radius 2 is 1.93 bits per heavy atom. The van der Waals surface area contributed by atoms with Crippen LogP contribution >= 0.6 is 11.8 Å². The molecule has 1 aliphatic carbocycles. The summed E-state index contributed by atoms with van der Waals surface area (Å²) in [4.78, 5) is 26.9. The van der Waals surface area contributed by atoms with Crippen molar-refractivity contribution in [2.45, 2.75) is 37.9 Å². The molecule has 2 aromatic carbocycles. The van der Waals surface area contributed by atoms with Crippen LogP contribution in [0.3, 0.4) is 0 Å². The lowest BCUT2D eigenvalue weighted by Crippen LogP contribution is -2.25. The molecule has 5 nitrogen and oxygen atoms in total. The molecule has 2 amide bonds. The van der Waals surface area contributed by atoms with Crippen LogP contribution in [-0.2, 0) is 4.79 Å². The number of thioether (sulfide) groups is 1. The minimum atomic E-state index is -0.157. The van der Waals surface area contributed by atoms with E-state index in [-0.39, 0.29) is 11.8 Å². The molecular formula is C22H24N2O3S. The van der Waals surface area contributed by atoms with Crippen LogP contribution in [-0.4, -0.2) is 29.9 Å². The van der Waals surface area contributed by atoms with Crippen LogP contribution in [0.2, 0.25) is 0 Å². The first-order valence-corrected chi connectivity index (χ1v) is 10.7. The molecule has 1 N–H and O–H groups in total. The van der Waals surface area contributed by atoms with Crippen molar-refractivity contribution >= 4 is 35.0 Å². The van der Waals surface area contributed by atoms with Crippen LogP contribution in [0.5, 0.6) is 11.5 Å². The molecule has 1 saturated carbocycles. The Labute approximate surface area is 169 Å². The fourth-order valence-corrected chi connectivity index (χ4v) is 4.82. The van der Waals surface area contributed by atoms with Gasteiger partial charge in [0.25, 0.3) is 5.91 Å². The third-order valence-electron chi connectivity index (χ3n) is 5.25. The number of aryl methyl sites for hydroxylation is 1. The maximum atomic E-state index is 13.0. The lowest BCUT2D eigenvalue weighted by molar-refractivity contribution is -0.113. The summed E-state index contributed by atoms with van der Waals surface area (Å²) < 4.78 is 5.99. The number of hydrogen-bond acceptors (Lipinski definition) is 4. The summed E-state index contributed by atoms with van der Waals surface area (Å²) >= 11 is 1.73. The Bertz CT molecular complexity index is 922. The lowest BCUT2D eigenvalue weighted by atomic mass is 10.1. The fourth-order valence-electron chi connectivity index (χ4n) is 3.69. The van der Waals surface area contributed by atoms with Gasteiger partial charge >= 0.3 is 0 Å². The average molecular weight is 397 g/mol. The molecule has 2 aromatic rings. The van der Waals surface area contributed by atoms with E-state index in [0.29, 0.717) is 33.8 Å². The number of carbonyl (C=O) groups is 2. The Kier molecular flexibility index (Phi) is 5.31. The highest BCUT2D eigenvalue weighted by atomic mass is 32.2. The van der Waals surface area contributed by atoms with E-state index in [1.807, 2.05) is 25.1 Å². The topological polar surface area (TPSA) is 58.6 Å². The van der Waals surface area contributed by atoms with Gasteiger partial charge in [0.1, 0.15) is 5.75 Å². The van der Waals surface area contributed by atoms with Gasteiger partial charge < -0.3 is 15.0 Å². The van der Waals surface area contributed by atoms with Crippen molar-refractivity contribution < 1.29 is 14.3 Å². The number of nitrogens with zero attached hydrogens (tertiary/aromatic N) is 1. The molecule has 1 fully saturated rings. The minimum Gasteiger partial charge on any atom is -0.454 e. The molecule has 0 unspecified atom stereocenters. The van der Waals surface area contributed by atoms with Gasteiger partial charge in [0, 0.05) is 18.0 Å². The Morgan fingerprint density at radius 1 is 1.18 bits per heavy atom. The van der Waals surface area contributed by atoms with E-state index in [4.69, 9.17) is 4.74 Å². The minimum absolute atomic E-state index is 0.0360. The second kappa shape index (κ2) is 7.87. The first kappa shape index (κ1) is 18.9. The number of rotatable bonds is 4. The number of amides is 2. The van der Waals surface area contributed by atoms with Gasteiger partial charge in [0.2, 0.25) is 5.91 Å². The molecule has 2 aliphatic rings. The van der Waals surface area contributed by atoms with Gasteiger partial charge in [-0.05, 0) is 55.7 Å². The number of ether oxygens (including phenoxy) is 1. The number of fused-ring (bicyclic) bond motifs is 2. The standard InChI is InChI=1S/C22H24N2O3S/c1-14-7-9-20-18(11-14)24(2)22(26)17-12-15(8-10-19(17)27-20)23-21(25)13-28-16-5-3-4-6-16/h7-12,16H,3-6,13H2,1-2H3,(H,23,25). The highest BCUT2D eigenvalue weighted by molar-refractivity contribution is 8.00. The normalized spacial score (nSPS) is 16.2. The van der Waals surface area contributed by atoms with Gasteiger partial charge in [0.05, 0.1) is 17.0 Å². The van der Waals surface area contributed by atoms with Crippen LogP contribution in [0.25, 0.3) is 0 Å². The number of nitrogens with one attached hydrogen (secondary N) is 1. The zero-order valence-electron chi connectivity index (χ0n) is 16.2. The quantitative estimate of drug-likeness (QED) is 0.791. The highest BCUT2D eigenvalue weighted by Gasteiger charge is 2.26. The zero-order valence-corrected chi connectivity index (χ0v) is 17.0. The van der Waals surface area contributed by atoms with Crippen molar-refractivity contribution in [2.75, 3.05) is 23.0 Å². The summed E-state index contributed by atoms with van der Waals surface area (Å²) in [6.45, 7) is 1.98. The number of anilines is 2. The van der Waals surface area contributed by atoms with Crippen molar-refractivity contribution in [1.82, 2.24) is 0 Å². The third-order valence-corrected chi connectivity index (χ3v) is 6.62. The second-order valence-corrected chi connectivity index (χ2v) is 8.70. The first-order valence-electron chi connectivity index (χ1n) is 9.63. The van der Waals surface area contributed by atoms with Crippen LogP contribution in [0.15, 0.2) is 36.4 Å². The smallest absolute Gasteiger partial charge is 0.261 e. The third kappa shape index (κ3) is 3.87. The predicted octanol–water partition coefficient (Wildman–Crippen LogP) is 4.99. The maximum absolute atomic E-state index is 13.0. The van der Waals surface area contributed by atoms with Crippen molar-refractivity contribution in [3.8, 4) is 11.5 Å². The second-order valence-electron chi connectivity index (χ2n) is 7.41. The molecule has 4 rings (SSSR count).